The molecule has 2 aliphatic rings. The van der Waals surface area contributed by atoms with Gasteiger partial charge in [-0.1, -0.05) is 62.7 Å². The Morgan fingerprint density at radius 2 is 1.72 bits per heavy atom. The zero-order valence-corrected chi connectivity index (χ0v) is 17.6. The van der Waals surface area contributed by atoms with Crippen molar-refractivity contribution in [1.82, 2.24) is 9.97 Å². The van der Waals surface area contributed by atoms with Gasteiger partial charge in [0, 0.05) is 5.41 Å². The predicted octanol–water partition coefficient (Wildman–Crippen LogP) is 6.55. The molecule has 3 nitrogen and oxygen atoms in total. The van der Waals surface area contributed by atoms with Crippen molar-refractivity contribution in [3.8, 4) is 0 Å². The predicted molar refractivity (Wildman–Crippen MR) is 120 cm³/mol. The Balaban J connectivity index is 1.66. The van der Waals surface area contributed by atoms with E-state index in [2.05, 4.69) is 63.0 Å². The number of allylic oxidation sites excluding steroid dienone is 1. The summed E-state index contributed by atoms with van der Waals surface area (Å²) < 4.78 is 0. The molecule has 0 saturated heterocycles. The van der Waals surface area contributed by atoms with Gasteiger partial charge in [0.2, 0.25) is 0 Å². The van der Waals surface area contributed by atoms with Crippen LogP contribution in [0.4, 0.5) is 5.82 Å². The van der Waals surface area contributed by atoms with Crippen LogP contribution in [0.5, 0.6) is 0 Å². The second-order valence-corrected chi connectivity index (χ2v) is 9.33. The summed E-state index contributed by atoms with van der Waals surface area (Å²) in [6.45, 7) is 9.32. The highest BCUT2D eigenvalue weighted by Gasteiger charge is 2.62. The van der Waals surface area contributed by atoms with Gasteiger partial charge >= 0.3 is 0 Å². The van der Waals surface area contributed by atoms with E-state index in [4.69, 9.17) is 9.98 Å². The molecular formula is C26H27N3. The van der Waals surface area contributed by atoms with Crippen LogP contribution in [0.3, 0.4) is 0 Å². The van der Waals surface area contributed by atoms with Crippen molar-refractivity contribution in [2.24, 2.45) is 21.7 Å². The van der Waals surface area contributed by atoms with E-state index in [9.17, 15) is 0 Å². The van der Waals surface area contributed by atoms with Crippen molar-refractivity contribution >= 4 is 28.6 Å². The lowest BCUT2D eigenvalue weighted by Crippen LogP contribution is -2.32. The van der Waals surface area contributed by atoms with Crippen molar-refractivity contribution in [2.75, 3.05) is 0 Å². The van der Waals surface area contributed by atoms with Crippen LogP contribution in [0, 0.1) is 23.7 Å². The zero-order chi connectivity index (χ0) is 20.2. The SMILES string of the molecule is Cc1ccc(C=C2C(=Nc3cnc4ccccc4n3)C3(C)CCC2C3(C)C)cc1. The lowest BCUT2D eigenvalue weighted by Gasteiger charge is -2.34. The minimum absolute atomic E-state index is 0.0571. The number of hydrogen-bond acceptors (Lipinski definition) is 3. The third-order valence-corrected chi connectivity index (χ3v) is 7.46. The molecule has 0 amide bonds. The molecular weight excluding hydrogens is 354 g/mol. The highest BCUT2D eigenvalue weighted by atomic mass is 15.0. The fourth-order valence-electron chi connectivity index (χ4n) is 5.27. The molecule has 2 aliphatic carbocycles. The summed E-state index contributed by atoms with van der Waals surface area (Å²) in [4.78, 5) is 14.5. The average molecular weight is 382 g/mol. The Hall–Kier alpha value is -2.81. The maximum absolute atomic E-state index is 5.13. The van der Waals surface area contributed by atoms with E-state index < -0.39 is 0 Å². The standard InChI is InChI=1S/C26H27N3/c1-17-9-11-18(12-10-17)15-19-20-13-14-26(4,25(20,2)3)24(19)29-23-16-27-21-7-5-6-8-22(21)28-23/h5-12,15-16,20H,13-14H2,1-4H3. The van der Waals surface area contributed by atoms with Crippen LogP contribution in [0.2, 0.25) is 0 Å². The first-order valence-electron chi connectivity index (χ1n) is 10.5. The van der Waals surface area contributed by atoms with Gasteiger partial charge in [0.1, 0.15) is 0 Å². The number of aliphatic imine (C=N–C) groups is 1. The van der Waals surface area contributed by atoms with E-state index in [1.807, 2.05) is 24.3 Å². The van der Waals surface area contributed by atoms with Crippen molar-refractivity contribution in [3.63, 3.8) is 0 Å². The van der Waals surface area contributed by atoms with Gasteiger partial charge in [-0.3, -0.25) is 4.98 Å². The van der Waals surface area contributed by atoms with Crippen LogP contribution >= 0.6 is 0 Å². The number of para-hydroxylation sites is 2. The molecule has 2 bridgehead atoms. The van der Waals surface area contributed by atoms with Gasteiger partial charge in [-0.2, -0.15) is 0 Å². The van der Waals surface area contributed by atoms with Gasteiger partial charge in [-0.15, -0.1) is 0 Å². The summed E-state index contributed by atoms with van der Waals surface area (Å²) in [5.74, 6) is 1.24. The van der Waals surface area contributed by atoms with Crippen molar-refractivity contribution in [2.45, 2.75) is 40.5 Å². The molecule has 0 radical (unpaired) electrons. The molecule has 1 aromatic heterocycles. The molecule has 2 unspecified atom stereocenters. The molecule has 5 rings (SSSR count). The van der Waals surface area contributed by atoms with Crippen LogP contribution in [0.25, 0.3) is 17.1 Å². The van der Waals surface area contributed by atoms with E-state index >= 15 is 0 Å². The van der Waals surface area contributed by atoms with E-state index in [0.717, 1.165) is 11.0 Å². The summed E-state index contributed by atoms with van der Waals surface area (Å²) in [5, 5.41) is 0. The number of fused-ring (bicyclic) bond motifs is 3. The zero-order valence-electron chi connectivity index (χ0n) is 17.6. The quantitative estimate of drug-likeness (QED) is 0.505. The average Bonchev–Trinajstić information content (AvgIpc) is 3.03. The van der Waals surface area contributed by atoms with Gasteiger partial charge in [-0.25, -0.2) is 9.98 Å². The number of rotatable bonds is 2. The van der Waals surface area contributed by atoms with E-state index in [0.29, 0.717) is 11.7 Å². The van der Waals surface area contributed by atoms with Gasteiger partial charge in [-0.05, 0) is 60.4 Å². The van der Waals surface area contributed by atoms with E-state index in [-0.39, 0.29) is 10.8 Å². The van der Waals surface area contributed by atoms with Crippen LogP contribution in [0.15, 0.2) is 65.3 Å². The highest BCUT2D eigenvalue weighted by Crippen LogP contribution is 2.66. The summed E-state index contributed by atoms with van der Waals surface area (Å²) in [6, 6.07) is 16.7. The van der Waals surface area contributed by atoms with E-state index in [1.54, 1.807) is 6.20 Å². The van der Waals surface area contributed by atoms with Crippen LogP contribution < -0.4 is 0 Å². The normalized spacial score (nSPS) is 27.9. The lowest BCUT2D eigenvalue weighted by atomic mass is 9.70. The molecule has 0 spiro atoms. The smallest absolute Gasteiger partial charge is 0.171 e. The Labute approximate surface area is 172 Å². The molecule has 1 heterocycles. The number of hydrogen-bond donors (Lipinski definition) is 0. The number of benzene rings is 2. The Morgan fingerprint density at radius 1 is 1.00 bits per heavy atom. The van der Waals surface area contributed by atoms with Crippen molar-refractivity contribution < 1.29 is 0 Å². The largest absolute Gasteiger partial charge is 0.251 e. The molecule has 146 valence electrons. The van der Waals surface area contributed by atoms with Crippen molar-refractivity contribution in [3.05, 3.63) is 71.4 Å². The topological polar surface area (TPSA) is 38.1 Å². The number of aromatic nitrogens is 2. The summed E-state index contributed by atoms with van der Waals surface area (Å²) in [7, 11) is 0. The molecule has 0 N–H and O–H groups in total. The molecule has 3 aromatic rings. The Bertz CT molecular complexity index is 1150. The minimum atomic E-state index is 0.0571. The van der Waals surface area contributed by atoms with Gasteiger partial charge in [0.15, 0.2) is 5.82 Å². The monoisotopic (exact) mass is 381 g/mol. The third kappa shape index (κ3) is 2.75. The molecule has 2 fully saturated rings. The van der Waals surface area contributed by atoms with Gasteiger partial charge in [0.25, 0.3) is 0 Å². The summed E-state index contributed by atoms with van der Waals surface area (Å²) in [6.07, 6.45) is 6.56. The molecule has 0 aliphatic heterocycles. The highest BCUT2D eigenvalue weighted by molar-refractivity contribution is 6.12. The number of aryl methyl sites for hydroxylation is 1. The number of nitrogens with zero attached hydrogens (tertiary/aromatic N) is 3. The third-order valence-electron chi connectivity index (χ3n) is 7.46. The molecule has 29 heavy (non-hydrogen) atoms. The maximum Gasteiger partial charge on any atom is 0.171 e. The Kier molecular flexibility index (Phi) is 3.99. The van der Waals surface area contributed by atoms with Crippen LogP contribution in [-0.2, 0) is 0 Å². The second kappa shape index (κ2) is 6.35. The molecule has 2 saturated carbocycles. The first-order chi connectivity index (χ1) is 13.9. The second-order valence-electron chi connectivity index (χ2n) is 9.33. The summed E-state index contributed by atoms with van der Waals surface area (Å²) in [5.41, 5.74) is 7.15. The van der Waals surface area contributed by atoms with Gasteiger partial charge < -0.3 is 0 Å². The molecule has 3 heteroatoms. The summed E-state index contributed by atoms with van der Waals surface area (Å²) >= 11 is 0. The van der Waals surface area contributed by atoms with Crippen molar-refractivity contribution in [1.29, 1.82) is 0 Å². The molecule has 2 atom stereocenters. The van der Waals surface area contributed by atoms with Gasteiger partial charge in [0.05, 0.1) is 22.9 Å². The first-order valence-corrected chi connectivity index (χ1v) is 10.5. The van der Waals surface area contributed by atoms with Crippen LogP contribution in [-0.4, -0.2) is 15.7 Å². The minimum Gasteiger partial charge on any atom is -0.251 e. The fourth-order valence-corrected chi connectivity index (χ4v) is 5.27. The van der Waals surface area contributed by atoms with Crippen LogP contribution in [0.1, 0.15) is 44.7 Å². The lowest BCUT2D eigenvalue weighted by molar-refractivity contribution is 0.203. The maximum atomic E-state index is 5.13. The Morgan fingerprint density at radius 3 is 2.48 bits per heavy atom. The fraction of sp³-hybridized carbons (Fsp3) is 0.346. The van der Waals surface area contributed by atoms with E-state index in [1.165, 1.54) is 35.3 Å². The first kappa shape index (κ1) is 18.2. The molecule has 2 aromatic carbocycles.